The van der Waals surface area contributed by atoms with E-state index in [1.165, 1.54) is 0 Å². The summed E-state index contributed by atoms with van der Waals surface area (Å²) in [6.45, 7) is 8.04. The zero-order valence-electron chi connectivity index (χ0n) is 15.5. The van der Waals surface area contributed by atoms with E-state index in [0.29, 0.717) is 5.56 Å². The highest BCUT2D eigenvalue weighted by Gasteiger charge is 2.22. The summed E-state index contributed by atoms with van der Waals surface area (Å²) in [5, 5.41) is 9.05. The maximum atomic E-state index is 9.05. The van der Waals surface area contributed by atoms with Crippen molar-refractivity contribution in [1.82, 2.24) is 20.2 Å². The molecular weight excluding hydrogens is 336 g/mol. The molecule has 0 spiro atoms. The molecule has 2 aromatic rings. The van der Waals surface area contributed by atoms with Gasteiger partial charge in [0.2, 0.25) is 0 Å². The van der Waals surface area contributed by atoms with Crippen LogP contribution in [0.2, 0.25) is 0 Å². The molecule has 6 nitrogen and oxygen atoms in total. The van der Waals surface area contributed by atoms with Gasteiger partial charge in [0.1, 0.15) is 5.82 Å². The standard InChI is InChI=1S/C21H24N6/c1-16(18-5-3-17(15-22)4-6-18)20(19-7-9-24-10-8-19)21(25-23)27-13-11-26(2)12-14-27/h3-10,25H,1,11-14,23H2,2H3/b21-20-. The number of piperazine rings is 1. The van der Waals surface area contributed by atoms with Gasteiger partial charge in [-0.1, -0.05) is 18.7 Å². The van der Waals surface area contributed by atoms with Gasteiger partial charge in [-0.05, 0) is 48.0 Å². The fourth-order valence-electron chi connectivity index (χ4n) is 3.21. The van der Waals surface area contributed by atoms with Crippen molar-refractivity contribution in [2.45, 2.75) is 0 Å². The van der Waals surface area contributed by atoms with E-state index in [1.807, 2.05) is 24.3 Å². The molecule has 0 atom stereocenters. The Labute approximate surface area is 160 Å². The second-order valence-electron chi connectivity index (χ2n) is 6.56. The molecule has 2 heterocycles. The number of rotatable bonds is 5. The van der Waals surface area contributed by atoms with Crippen LogP contribution in [0.5, 0.6) is 0 Å². The van der Waals surface area contributed by atoms with Gasteiger partial charge in [-0.25, -0.2) is 5.84 Å². The minimum Gasteiger partial charge on any atom is -0.354 e. The van der Waals surface area contributed by atoms with Gasteiger partial charge >= 0.3 is 0 Å². The first kappa shape index (κ1) is 18.6. The molecule has 1 aromatic carbocycles. The van der Waals surface area contributed by atoms with E-state index in [1.54, 1.807) is 24.5 Å². The van der Waals surface area contributed by atoms with Crippen molar-refractivity contribution in [3.63, 3.8) is 0 Å². The van der Waals surface area contributed by atoms with Crippen molar-refractivity contribution in [1.29, 1.82) is 5.26 Å². The van der Waals surface area contributed by atoms with E-state index >= 15 is 0 Å². The van der Waals surface area contributed by atoms with E-state index in [-0.39, 0.29) is 0 Å². The Morgan fingerprint density at radius 2 is 1.70 bits per heavy atom. The Morgan fingerprint density at radius 1 is 1.07 bits per heavy atom. The topological polar surface area (TPSA) is 81.2 Å². The maximum absolute atomic E-state index is 9.05. The van der Waals surface area contributed by atoms with Crippen LogP contribution in [-0.4, -0.2) is 48.0 Å². The van der Waals surface area contributed by atoms with Crippen molar-refractivity contribution in [2.75, 3.05) is 33.2 Å². The van der Waals surface area contributed by atoms with E-state index in [2.05, 4.69) is 39.9 Å². The molecule has 27 heavy (non-hydrogen) atoms. The molecule has 3 rings (SSSR count). The van der Waals surface area contributed by atoms with Gasteiger partial charge in [-0.3, -0.25) is 4.98 Å². The number of nitrogens with two attached hydrogens (primary N) is 1. The quantitative estimate of drug-likeness (QED) is 0.482. The second-order valence-corrected chi connectivity index (χ2v) is 6.56. The Kier molecular flexibility index (Phi) is 5.87. The van der Waals surface area contributed by atoms with Crippen molar-refractivity contribution < 1.29 is 0 Å². The van der Waals surface area contributed by atoms with Gasteiger partial charge in [0.05, 0.1) is 11.6 Å². The summed E-state index contributed by atoms with van der Waals surface area (Å²) in [5.74, 6) is 6.83. The molecule has 0 saturated carbocycles. The van der Waals surface area contributed by atoms with Crippen LogP contribution in [0.1, 0.15) is 16.7 Å². The number of allylic oxidation sites excluding steroid dienone is 2. The van der Waals surface area contributed by atoms with Gasteiger partial charge in [-0.15, -0.1) is 0 Å². The molecule has 0 bridgehead atoms. The van der Waals surface area contributed by atoms with Gasteiger partial charge in [-0.2, -0.15) is 5.26 Å². The fraction of sp³-hybridized carbons (Fsp3) is 0.238. The lowest BCUT2D eigenvalue weighted by Crippen LogP contribution is -2.48. The monoisotopic (exact) mass is 360 g/mol. The van der Waals surface area contributed by atoms with E-state index in [4.69, 9.17) is 11.1 Å². The first-order valence-electron chi connectivity index (χ1n) is 8.88. The molecular formula is C21H24N6. The molecule has 1 aromatic heterocycles. The Hall–Kier alpha value is -3.14. The number of pyridine rings is 1. The van der Waals surface area contributed by atoms with Crippen LogP contribution in [0.3, 0.4) is 0 Å². The number of benzene rings is 1. The summed E-state index contributed by atoms with van der Waals surface area (Å²) in [5.41, 5.74) is 7.26. The average molecular weight is 360 g/mol. The Bertz CT molecular complexity index is 856. The van der Waals surface area contributed by atoms with Crippen LogP contribution in [-0.2, 0) is 0 Å². The first-order chi connectivity index (χ1) is 13.1. The smallest absolute Gasteiger partial charge is 0.124 e. The summed E-state index contributed by atoms with van der Waals surface area (Å²) in [4.78, 5) is 8.68. The zero-order chi connectivity index (χ0) is 19.2. The van der Waals surface area contributed by atoms with Gasteiger partial charge in [0.25, 0.3) is 0 Å². The maximum Gasteiger partial charge on any atom is 0.124 e. The third-order valence-corrected chi connectivity index (χ3v) is 4.83. The molecule has 1 aliphatic heterocycles. The lowest BCUT2D eigenvalue weighted by atomic mass is 9.93. The SMILES string of the molecule is C=C(/C(=C(\NN)N1CCN(C)CC1)c1ccncc1)c1ccc(C#N)cc1. The number of nitriles is 1. The predicted molar refractivity (Wildman–Crippen MR) is 108 cm³/mol. The number of hydrazine groups is 1. The van der Waals surface area contributed by atoms with Crippen molar-refractivity contribution in [3.05, 3.63) is 77.9 Å². The summed E-state index contributed by atoms with van der Waals surface area (Å²) in [6, 6.07) is 13.5. The Balaban J connectivity index is 2.07. The fourth-order valence-corrected chi connectivity index (χ4v) is 3.21. The van der Waals surface area contributed by atoms with Crippen molar-refractivity contribution in [2.24, 2.45) is 5.84 Å². The number of nitrogens with one attached hydrogen (secondary N) is 1. The molecule has 3 N–H and O–H groups in total. The van der Waals surface area contributed by atoms with Crippen molar-refractivity contribution >= 4 is 11.1 Å². The summed E-state index contributed by atoms with van der Waals surface area (Å²) < 4.78 is 0. The minimum absolute atomic E-state index is 0.622. The molecule has 0 unspecified atom stereocenters. The molecule has 1 fully saturated rings. The number of nitrogens with zero attached hydrogens (tertiary/aromatic N) is 4. The van der Waals surface area contributed by atoms with E-state index < -0.39 is 0 Å². The minimum atomic E-state index is 0.622. The van der Waals surface area contributed by atoms with Crippen LogP contribution in [0.15, 0.2) is 61.2 Å². The average Bonchev–Trinajstić information content (AvgIpc) is 2.73. The van der Waals surface area contributed by atoms with Gasteiger partial charge in [0, 0.05) is 44.1 Å². The lowest BCUT2D eigenvalue weighted by Gasteiger charge is -2.36. The largest absolute Gasteiger partial charge is 0.354 e. The third-order valence-electron chi connectivity index (χ3n) is 4.83. The first-order valence-corrected chi connectivity index (χ1v) is 8.88. The highest BCUT2D eigenvalue weighted by atomic mass is 15.4. The number of likely N-dealkylation sites (N-methyl/N-ethyl adjacent to an activating group) is 1. The predicted octanol–water partition coefficient (Wildman–Crippen LogP) is 2.05. The molecule has 6 heteroatoms. The second kappa shape index (κ2) is 8.49. The van der Waals surface area contributed by atoms with Crippen LogP contribution < -0.4 is 11.3 Å². The summed E-state index contributed by atoms with van der Waals surface area (Å²) in [6.07, 6.45) is 3.53. The van der Waals surface area contributed by atoms with Crippen LogP contribution >= 0.6 is 0 Å². The van der Waals surface area contributed by atoms with Gasteiger partial charge in [0.15, 0.2) is 0 Å². The summed E-state index contributed by atoms with van der Waals surface area (Å²) >= 11 is 0. The lowest BCUT2D eigenvalue weighted by molar-refractivity contribution is 0.179. The van der Waals surface area contributed by atoms with Crippen LogP contribution in [0.4, 0.5) is 0 Å². The normalized spacial score (nSPS) is 15.7. The van der Waals surface area contributed by atoms with E-state index in [0.717, 1.165) is 54.3 Å². The molecule has 1 saturated heterocycles. The third kappa shape index (κ3) is 4.17. The molecule has 138 valence electrons. The Morgan fingerprint density at radius 3 is 2.26 bits per heavy atom. The van der Waals surface area contributed by atoms with Crippen LogP contribution in [0.25, 0.3) is 11.1 Å². The number of hydrogen-bond acceptors (Lipinski definition) is 6. The molecule has 0 aliphatic carbocycles. The van der Waals surface area contributed by atoms with Crippen molar-refractivity contribution in [3.8, 4) is 6.07 Å². The highest BCUT2D eigenvalue weighted by molar-refractivity contribution is 6.04. The molecule has 0 radical (unpaired) electrons. The van der Waals surface area contributed by atoms with E-state index in [9.17, 15) is 0 Å². The van der Waals surface area contributed by atoms with Gasteiger partial charge < -0.3 is 15.2 Å². The number of aromatic nitrogens is 1. The number of hydrogen-bond donors (Lipinski definition) is 2. The highest BCUT2D eigenvalue weighted by Crippen LogP contribution is 2.33. The van der Waals surface area contributed by atoms with Crippen LogP contribution in [0, 0.1) is 11.3 Å². The zero-order valence-corrected chi connectivity index (χ0v) is 15.5. The molecule has 1 aliphatic rings. The molecule has 0 amide bonds. The summed E-state index contributed by atoms with van der Waals surface area (Å²) in [7, 11) is 2.12.